The molecule has 0 unspecified atom stereocenters. The molecule has 1 aliphatic rings. The van der Waals surface area contributed by atoms with E-state index in [2.05, 4.69) is 54.5 Å². The second-order valence-corrected chi connectivity index (χ2v) is 8.63. The first-order chi connectivity index (χ1) is 14.5. The molecule has 30 heavy (non-hydrogen) atoms. The van der Waals surface area contributed by atoms with Crippen molar-refractivity contribution in [3.63, 3.8) is 0 Å². The topological polar surface area (TPSA) is 61.0 Å². The quantitative estimate of drug-likeness (QED) is 0.618. The van der Waals surface area contributed by atoms with Crippen molar-refractivity contribution in [1.29, 1.82) is 0 Å². The van der Waals surface area contributed by atoms with Gasteiger partial charge in [0, 0.05) is 30.1 Å². The summed E-state index contributed by atoms with van der Waals surface area (Å²) in [5.74, 6) is 0.118. The number of aromatic nitrogens is 2. The van der Waals surface area contributed by atoms with Gasteiger partial charge >= 0.3 is 0 Å². The minimum absolute atomic E-state index is 0.118. The summed E-state index contributed by atoms with van der Waals surface area (Å²) in [6, 6.07) is 11.2. The van der Waals surface area contributed by atoms with Gasteiger partial charge in [-0.3, -0.25) is 9.89 Å². The average Bonchev–Trinajstić information content (AvgIpc) is 3.42. The second-order valence-electron chi connectivity index (χ2n) is 8.63. The molecule has 3 aromatic rings. The number of benzene rings is 2. The second kappa shape index (κ2) is 8.60. The Balaban J connectivity index is 1.52. The lowest BCUT2D eigenvalue weighted by molar-refractivity contribution is 0.0733. The van der Waals surface area contributed by atoms with E-state index >= 15 is 0 Å². The molecule has 1 saturated carbocycles. The highest BCUT2D eigenvalue weighted by atomic mass is 16.2. The molecule has 0 saturated heterocycles. The number of aryl methyl sites for hydroxylation is 2. The van der Waals surface area contributed by atoms with Gasteiger partial charge in [0.05, 0.1) is 11.7 Å². The standard InChI is InChI=1S/C25H32N4O/c1-5-12-26-19-7-8-20(14-19)29(4)25(30)18-6-9-21(16(2)13-18)22-10-11-24-23(17(22)3)15-27-28-24/h6,9-11,13,15,19-20,26H,5,7-8,12,14H2,1-4H3,(H,27,28)/t19-,20+/m0/s1. The van der Waals surface area contributed by atoms with Crippen LogP contribution in [0.4, 0.5) is 0 Å². The summed E-state index contributed by atoms with van der Waals surface area (Å²) in [4.78, 5) is 15.1. The fraction of sp³-hybridized carbons (Fsp3) is 0.440. The Bertz CT molecular complexity index is 1050. The van der Waals surface area contributed by atoms with E-state index in [1.54, 1.807) is 0 Å². The van der Waals surface area contributed by atoms with Crippen LogP contribution in [0, 0.1) is 13.8 Å². The third-order valence-electron chi connectivity index (χ3n) is 6.61. The Kier molecular flexibility index (Phi) is 5.91. The number of nitrogens with zero attached hydrogens (tertiary/aromatic N) is 2. The van der Waals surface area contributed by atoms with Crippen molar-refractivity contribution in [2.24, 2.45) is 0 Å². The average molecular weight is 405 g/mol. The predicted molar refractivity (Wildman–Crippen MR) is 123 cm³/mol. The predicted octanol–water partition coefficient (Wildman–Crippen LogP) is 4.84. The number of rotatable bonds is 6. The Morgan fingerprint density at radius 3 is 2.77 bits per heavy atom. The molecule has 1 fully saturated rings. The van der Waals surface area contributed by atoms with Crippen LogP contribution in [0.15, 0.2) is 36.5 Å². The number of hydrogen-bond donors (Lipinski definition) is 2. The van der Waals surface area contributed by atoms with Crippen molar-refractivity contribution in [2.75, 3.05) is 13.6 Å². The van der Waals surface area contributed by atoms with Crippen LogP contribution in [-0.2, 0) is 0 Å². The number of amides is 1. The molecule has 1 heterocycles. The van der Waals surface area contributed by atoms with E-state index in [1.807, 2.05) is 30.3 Å². The van der Waals surface area contributed by atoms with Crippen LogP contribution in [0.1, 0.15) is 54.1 Å². The molecule has 5 heteroatoms. The van der Waals surface area contributed by atoms with Gasteiger partial charge in [-0.15, -0.1) is 0 Å². The lowest BCUT2D eigenvalue weighted by Gasteiger charge is -2.25. The summed E-state index contributed by atoms with van der Waals surface area (Å²) < 4.78 is 0. The zero-order valence-corrected chi connectivity index (χ0v) is 18.5. The van der Waals surface area contributed by atoms with Crippen molar-refractivity contribution < 1.29 is 4.79 Å². The number of aromatic amines is 1. The maximum atomic E-state index is 13.2. The molecule has 0 bridgehead atoms. The third kappa shape index (κ3) is 3.86. The van der Waals surface area contributed by atoms with E-state index in [4.69, 9.17) is 0 Å². The van der Waals surface area contributed by atoms with Crippen LogP contribution in [0.5, 0.6) is 0 Å². The normalized spacial score (nSPS) is 18.8. The first kappa shape index (κ1) is 20.6. The molecule has 158 valence electrons. The summed E-state index contributed by atoms with van der Waals surface area (Å²) in [6.45, 7) is 7.46. The van der Waals surface area contributed by atoms with E-state index in [0.717, 1.165) is 54.3 Å². The van der Waals surface area contributed by atoms with E-state index in [1.165, 1.54) is 16.7 Å². The summed E-state index contributed by atoms with van der Waals surface area (Å²) in [5, 5.41) is 11.9. The van der Waals surface area contributed by atoms with Crippen LogP contribution in [-0.4, -0.2) is 46.7 Å². The number of carbonyl (C=O) groups is 1. The highest BCUT2D eigenvalue weighted by Gasteiger charge is 2.30. The molecular formula is C25H32N4O. The van der Waals surface area contributed by atoms with Gasteiger partial charge in [0.2, 0.25) is 0 Å². The molecule has 2 N–H and O–H groups in total. The first-order valence-corrected chi connectivity index (χ1v) is 11.0. The van der Waals surface area contributed by atoms with Crippen molar-refractivity contribution in [3.05, 3.63) is 53.2 Å². The van der Waals surface area contributed by atoms with Gasteiger partial charge in [0.15, 0.2) is 0 Å². The van der Waals surface area contributed by atoms with Crippen molar-refractivity contribution in [2.45, 2.75) is 58.5 Å². The van der Waals surface area contributed by atoms with Gasteiger partial charge in [-0.2, -0.15) is 5.10 Å². The number of H-pyrrole nitrogens is 1. The molecule has 2 aromatic carbocycles. The van der Waals surface area contributed by atoms with Gasteiger partial charge in [-0.25, -0.2) is 0 Å². The minimum Gasteiger partial charge on any atom is -0.339 e. The van der Waals surface area contributed by atoms with Crippen molar-refractivity contribution in [1.82, 2.24) is 20.4 Å². The number of fused-ring (bicyclic) bond motifs is 1. The van der Waals surface area contributed by atoms with Crippen molar-refractivity contribution in [3.8, 4) is 11.1 Å². The minimum atomic E-state index is 0.118. The van der Waals surface area contributed by atoms with Crippen LogP contribution in [0.25, 0.3) is 22.0 Å². The summed E-state index contributed by atoms with van der Waals surface area (Å²) in [5.41, 5.74) is 6.50. The number of hydrogen-bond acceptors (Lipinski definition) is 3. The van der Waals surface area contributed by atoms with Gasteiger partial charge in [-0.1, -0.05) is 19.1 Å². The van der Waals surface area contributed by atoms with Gasteiger partial charge in [-0.05, 0) is 86.5 Å². The first-order valence-electron chi connectivity index (χ1n) is 11.0. The smallest absolute Gasteiger partial charge is 0.253 e. The van der Waals surface area contributed by atoms with E-state index in [0.29, 0.717) is 12.1 Å². The molecule has 1 aliphatic carbocycles. The fourth-order valence-corrected chi connectivity index (χ4v) is 4.76. The lowest BCUT2D eigenvalue weighted by Crippen LogP contribution is -2.37. The molecule has 5 nitrogen and oxygen atoms in total. The Morgan fingerprint density at radius 1 is 1.20 bits per heavy atom. The Labute approximate surface area is 178 Å². The summed E-state index contributed by atoms with van der Waals surface area (Å²) >= 11 is 0. The summed E-state index contributed by atoms with van der Waals surface area (Å²) in [7, 11) is 1.95. The third-order valence-corrected chi connectivity index (χ3v) is 6.61. The Hall–Kier alpha value is -2.66. The largest absolute Gasteiger partial charge is 0.339 e. The number of carbonyl (C=O) groups excluding carboxylic acids is 1. The highest BCUT2D eigenvalue weighted by Crippen LogP contribution is 2.32. The van der Waals surface area contributed by atoms with Gasteiger partial charge in [0.1, 0.15) is 0 Å². The lowest BCUT2D eigenvalue weighted by atomic mass is 9.93. The zero-order valence-electron chi connectivity index (χ0n) is 18.5. The SMILES string of the molecule is CCCN[C@H]1CC[C@@H](N(C)C(=O)c2ccc(-c3ccc4[nH]ncc4c3C)c(C)c2)C1. The maximum absolute atomic E-state index is 13.2. The van der Waals surface area contributed by atoms with Crippen LogP contribution < -0.4 is 5.32 Å². The monoisotopic (exact) mass is 404 g/mol. The van der Waals surface area contributed by atoms with Crippen LogP contribution >= 0.6 is 0 Å². The molecule has 0 aliphatic heterocycles. The zero-order chi connectivity index (χ0) is 21.3. The molecular weight excluding hydrogens is 372 g/mol. The highest BCUT2D eigenvalue weighted by molar-refractivity contribution is 5.96. The van der Waals surface area contributed by atoms with Crippen LogP contribution in [0.3, 0.4) is 0 Å². The number of nitrogens with one attached hydrogen (secondary N) is 2. The molecule has 0 radical (unpaired) electrons. The van der Waals surface area contributed by atoms with Gasteiger partial charge in [0.25, 0.3) is 5.91 Å². The molecule has 1 amide bonds. The summed E-state index contributed by atoms with van der Waals surface area (Å²) in [6.07, 6.45) is 6.29. The molecule has 1 aromatic heterocycles. The molecule has 2 atom stereocenters. The Morgan fingerprint density at radius 2 is 2.00 bits per heavy atom. The van der Waals surface area contributed by atoms with Crippen LogP contribution in [0.2, 0.25) is 0 Å². The van der Waals surface area contributed by atoms with Crippen molar-refractivity contribution >= 4 is 16.8 Å². The van der Waals surface area contributed by atoms with E-state index < -0.39 is 0 Å². The molecule has 4 rings (SSSR count). The van der Waals surface area contributed by atoms with E-state index in [-0.39, 0.29) is 5.91 Å². The maximum Gasteiger partial charge on any atom is 0.253 e. The fourth-order valence-electron chi connectivity index (χ4n) is 4.76. The molecule has 0 spiro atoms. The van der Waals surface area contributed by atoms with E-state index in [9.17, 15) is 4.79 Å². The van der Waals surface area contributed by atoms with Gasteiger partial charge < -0.3 is 10.2 Å².